The van der Waals surface area contributed by atoms with Crippen LogP contribution in [0.25, 0.3) is 0 Å². The van der Waals surface area contributed by atoms with Crippen LogP contribution in [0, 0.1) is 5.92 Å². The molecule has 7 nitrogen and oxygen atoms in total. The van der Waals surface area contributed by atoms with Gasteiger partial charge in [0.05, 0.1) is 6.61 Å². The van der Waals surface area contributed by atoms with E-state index in [1.165, 1.54) is 12.8 Å². The Hall–Kier alpha value is -1.34. The summed E-state index contributed by atoms with van der Waals surface area (Å²) in [6.45, 7) is 6.32. The van der Waals surface area contributed by atoms with Crippen LogP contribution >= 0.6 is 0 Å². The van der Waals surface area contributed by atoms with Gasteiger partial charge in [0, 0.05) is 40.0 Å². The van der Waals surface area contributed by atoms with Crippen LogP contribution in [-0.4, -0.2) is 65.0 Å². The Morgan fingerprint density at radius 3 is 2.68 bits per heavy atom. The molecular weight excluding hydrogens is 284 g/mol. The summed E-state index contributed by atoms with van der Waals surface area (Å²) in [6, 6.07) is 0. The molecular formula is C15H30N4O3. The van der Waals surface area contributed by atoms with Gasteiger partial charge in [-0.25, -0.2) is 4.99 Å². The van der Waals surface area contributed by atoms with Gasteiger partial charge in [-0.05, 0) is 32.1 Å². The van der Waals surface area contributed by atoms with Gasteiger partial charge < -0.3 is 25.4 Å². The van der Waals surface area contributed by atoms with Gasteiger partial charge in [-0.2, -0.15) is 0 Å². The van der Waals surface area contributed by atoms with Gasteiger partial charge >= 0.3 is 0 Å². The monoisotopic (exact) mass is 314 g/mol. The molecule has 3 N–H and O–H groups in total. The molecule has 22 heavy (non-hydrogen) atoms. The average Bonchev–Trinajstić information content (AvgIpc) is 3.32. The second-order valence-electron chi connectivity index (χ2n) is 5.34. The minimum absolute atomic E-state index is 0.108. The van der Waals surface area contributed by atoms with Crippen molar-refractivity contribution in [1.29, 1.82) is 0 Å². The number of aliphatic imine (C=N–C) groups is 1. The Morgan fingerprint density at radius 2 is 2.00 bits per heavy atom. The van der Waals surface area contributed by atoms with Crippen molar-refractivity contribution in [3.63, 3.8) is 0 Å². The third kappa shape index (κ3) is 10.4. The first-order chi connectivity index (χ1) is 10.8. The van der Waals surface area contributed by atoms with Crippen molar-refractivity contribution < 1.29 is 14.3 Å². The molecule has 0 atom stereocenters. The smallest absolute Gasteiger partial charge is 0.241 e. The molecule has 1 rings (SSSR count). The highest BCUT2D eigenvalue weighted by molar-refractivity contribution is 5.84. The van der Waals surface area contributed by atoms with Gasteiger partial charge in [0.1, 0.15) is 6.54 Å². The Bertz CT molecular complexity index is 333. The lowest BCUT2D eigenvalue weighted by Gasteiger charge is -2.11. The second-order valence-corrected chi connectivity index (χ2v) is 5.34. The van der Waals surface area contributed by atoms with E-state index in [0.717, 1.165) is 38.6 Å². The number of amides is 1. The van der Waals surface area contributed by atoms with Crippen LogP contribution in [0.1, 0.15) is 26.2 Å². The number of hydrogen-bond donors (Lipinski definition) is 3. The summed E-state index contributed by atoms with van der Waals surface area (Å²) in [5.74, 6) is 1.36. The van der Waals surface area contributed by atoms with Gasteiger partial charge in [-0.1, -0.05) is 0 Å². The van der Waals surface area contributed by atoms with E-state index in [2.05, 4.69) is 20.9 Å². The normalized spacial score (nSPS) is 14.7. The molecule has 0 aromatic rings. The number of carbonyl (C=O) groups is 1. The molecule has 0 radical (unpaired) electrons. The van der Waals surface area contributed by atoms with Crippen molar-refractivity contribution in [1.82, 2.24) is 16.0 Å². The van der Waals surface area contributed by atoms with Crippen LogP contribution in [0.15, 0.2) is 4.99 Å². The Labute approximate surface area is 133 Å². The van der Waals surface area contributed by atoms with E-state index in [4.69, 9.17) is 9.47 Å². The minimum atomic E-state index is -0.109. The Morgan fingerprint density at radius 1 is 1.18 bits per heavy atom. The first-order valence-corrected chi connectivity index (χ1v) is 8.11. The van der Waals surface area contributed by atoms with Gasteiger partial charge in [-0.3, -0.25) is 4.79 Å². The lowest BCUT2D eigenvalue weighted by Crippen LogP contribution is -2.39. The van der Waals surface area contributed by atoms with E-state index in [0.29, 0.717) is 19.1 Å². The van der Waals surface area contributed by atoms with Crippen molar-refractivity contribution in [2.24, 2.45) is 10.9 Å². The molecule has 0 heterocycles. The molecule has 0 saturated heterocycles. The summed E-state index contributed by atoms with van der Waals surface area (Å²) in [7, 11) is 1.60. The van der Waals surface area contributed by atoms with Crippen LogP contribution in [0.5, 0.6) is 0 Å². The quantitative estimate of drug-likeness (QED) is 0.271. The van der Waals surface area contributed by atoms with Gasteiger partial charge in [0.25, 0.3) is 0 Å². The summed E-state index contributed by atoms with van der Waals surface area (Å²) >= 11 is 0. The minimum Gasteiger partial charge on any atom is -0.383 e. The van der Waals surface area contributed by atoms with Crippen molar-refractivity contribution >= 4 is 11.9 Å². The topological polar surface area (TPSA) is 84.0 Å². The number of ether oxygens (including phenoxy) is 2. The van der Waals surface area contributed by atoms with Gasteiger partial charge in [0.15, 0.2) is 5.96 Å². The summed E-state index contributed by atoms with van der Waals surface area (Å²) in [6.07, 6.45) is 3.57. The van der Waals surface area contributed by atoms with Gasteiger partial charge in [0.2, 0.25) is 5.91 Å². The number of carbonyl (C=O) groups excluding carboxylic acids is 1. The largest absolute Gasteiger partial charge is 0.383 e. The molecule has 1 fully saturated rings. The van der Waals surface area contributed by atoms with Crippen LogP contribution in [0.2, 0.25) is 0 Å². The van der Waals surface area contributed by atoms with Crippen molar-refractivity contribution in [2.45, 2.75) is 26.2 Å². The van der Waals surface area contributed by atoms with E-state index in [1.54, 1.807) is 7.11 Å². The van der Waals surface area contributed by atoms with E-state index in [1.807, 2.05) is 6.92 Å². The fourth-order valence-electron chi connectivity index (χ4n) is 1.76. The fourth-order valence-corrected chi connectivity index (χ4v) is 1.76. The van der Waals surface area contributed by atoms with Crippen LogP contribution in [0.4, 0.5) is 0 Å². The van der Waals surface area contributed by atoms with E-state index < -0.39 is 0 Å². The Kier molecular flexibility index (Phi) is 10.4. The Balaban J connectivity index is 2.09. The van der Waals surface area contributed by atoms with E-state index in [-0.39, 0.29) is 12.5 Å². The highest BCUT2D eigenvalue weighted by Crippen LogP contribution is 2.28. The standard InChI is InChI=1S/C15H30N4O3/c1-3-16-15(19-11-14(20)17-8-10-21-2)18-7-4-9-22-12-13-5-6-13/h13H,3-12H2,1-2H3,(H,17,20)(H2,16,18,19). The number of guanidine groups is 1. The molecule has 0 aromatic carbocycles. The molecule has 0 spiro atoms. The summed E-state index contributed by atoms with van der Waals surface area (Å²) in [5, 5.41) is 9.05. The fraction of sp³-hybridized carbons (Fsp3) is 0.867. The molecule has 7 heteroatoms. The molecule has 1 amide bonds. The molecule has 0 aliphatic heterocycles. The SMILES string of the molecule is CCNC(=NCC(=O)NCCOC)NCCCOCC1CC1. The summed E-state index contributed by atoms with van der Waals surface area (Å²) < 4.78 is 10.4. The molecule has 1 saturated carbocycles. The van der Waals surface area contributed by atoms with Crippen LogP contribution in [0.3, 0.4) is 0 Å². The first-order valence-electron chi connectivity index (χ1n) is 8.11. The highest BCUT2D eigenvalue weighted by atomic mass is 16.5. The zero-order valence-electron chi connectivity index (χ0n) is 13.8. The number of nitrogens with zero attached hydrogens (tertiary/aromatic N) is 1. The molecule has 0 bridgehead atoms. The van der Waals surface area contributed by atoms with Gasteiger partial charge in [-0.15, -0.1) is 0 Å². The maximum absolute atomic E-state index is 11.6. The first kappa shape index (κ1) is 18.7. The number of hydrogen-bond acceptors (Lipinski definition) is 4. The number of methoxy groups -OCH3 is 1. The predicted molar refractivity (Wildman–Crippen MR) is 87.0 cm³/mol. The average molecular weight is 314 g/mol. The number of nitrogens with one attached hydrogen (secondary N) is 3. The molecule has 0 aromatic heterocycles. The maximum atomic E-state index is 11.6. The molecule has 0 unspecified atom stereocenters. The maximum Gasteiger partial charge on any atom is 0.241 e. The van der Waals surface area contributed by atoms with Crippen molar-refractivity contribution in [3.8, 4) is 0 Å². The van der Waals surface area contributed by atoms with Crippen LogP contribution < -0.4 is 16.0 Å². The molecule has 128 valence electrons. The number of rotatable bonds is 12. The lowest BCUT2D eigenvalue weighted by molar-refractivity contribution is -0.119. The second kappa shape index (κ2) is 12.2. The lowest BCUT2D eigenvalue weighted by atomic mass is 10.4. The third-order valence-corrected chi connectivity index (χ3v) is 3.16. The van der Waals surface area contributed by atoms with Crippen molar-refractivity contribution in [2.75, 3.05) is 53.1 Å². The van der Waals surface area contributed by atoms with E-state index in [9.17, 15) is 4.79 Å². The summed E-state index contributed by atoms with van der Waals surface area (Å²) in [4.78, 5) is 15.8. The van der Waals surface area contributed by atoms with E-state index >= 15 is 0 Å². The molecule has 1 aliphatic rings. The zero-order valence-corrected chi connectivity index (χ0v) is 13.8. The summed E-state index contributed by atoms with van der Waals surface area (Å²) in [5.41, 5.74) is 0. The zero-order chi connectivity index (χ0) is 16.0. The molecule has 1 aliphatic carbocycles. The van der Waals surface area contributed by atoms with Crippen molar-refractivity contribution in [3.05, 3.63) is 0 Å². The highest BCUT2D eigenvalue weighted by Gasteiger charge is 2.20. The third-order valence-electron chi connectivity index (χ3n) is 3.16. The van der Waals surface area contributed by atoms with Crippen LogP contribution in [-0.2, 0) is 14.3 Å². The predicted octanol–water partition coefficient (Wildman–Crippen LogP) is 0.121.